The quantitative estimate of drug-likeness (QED) is 0.841. The highest BCUT2D eigenvalue weighted by molar-refractivity contribution is 7.12. The number of nitrogens with zero attached hydrogens (tertiary/aromatic N) is 1. The standard InChI is InChI=1S/C21H33NO3S/c1-20(24)11-14-25-21(19(20)23)9-12-22(13-10-21)15-17-7-8-18(26-17)16-5-3-2-4-6-16/h7-8,16,19,23-24H,2-6,9-15H2,1H3/t19-,20+/m0/s1. The molecule has 3 heterocycles. The lowest BCUT2D eigenvalue weighted by atomic mass is 9.75. The number of hydrogen-bond acceptors (Lipinski definition) is 5. The van der Waals surface area contributed by atoms with E-state index in [0.29, 0.717) is 13.0 Å². The molecular formula is C21H33NO3S. The molecule has 5 heteroatoms. The zero-order chi connectivity index (χ0) is 18.2. The lowest BCUT2D eigenvalue weighted by Gasteiger charge is -2.51. The number of ether oxygens (including phenoxy) is 1. The Labute approximate surface area is 161 Å². The number of thiophene rings is 1. The number of hydrogen-bond donors (Lipinski definition) is 2. The van der Waals surface area contributed by atoms with Gasteiger partial charge in [0.1, 0.15) is 6.10 Å². The molecule has 0 bridgehead atoms. The molecule has 0 aromatic carbocycles. The molecule has 0 amide bonds. The van der Waals surface area contributed by atoms with Gasteiger partial charge in [-0.25, -0.2) is 0 Å². The maximum absolute atomic E-state index is 10.6. The van der Waals surface area contributed by atoms with Gasteiger partial charge in [0.25, 0.3) is 0 Å². The Bertz CT molecular complexity index is 600. The molecule has 4 rings (SSSR count). The van der Waals surface area contributed by atoms with Gasteiger partial charge < -0.3 is 14.9 Å². The normalized spacial score (nSPS) is 33.6. The Kier molecular flexibility index (Phi) is 5.46. The fourth-order valence-corrected chi connectivity index (χ4v) is 6.28. The maximum Gasteiger partial charge on any atom is 0.111 e. The molecule has 1 aromatic heterocycles. The van der Waals surface area contributed by atoms with Crippen LogP contribution >= 0.6 is 11.3 Å². The molecule has 2 N–H and O–H groups in total. The van der Waals surface area contributed by atoms with Crippen molar-refractivity contribution >= 4 is 11.3 Å². The van der Waals surface area contributed by atoms with E-state index >= 15 is 0 Å². The molecular weight excluding hydrogens is 346 g/mol. The van der Waals surface area contributed by atoms with Crippen molar-refractivity contribution in [3.05, 3.63) is 21.9 Å². The number of aliphatic hydroxyl groups excluding tert-OH is 1. The van der Waals surface area contributed by atoms with Gasteiger partial charge in [-0.1, -0.05) is 19.3 Å². The highest BCUT2D eigenvalue weighted by atomic mass is 32.1. The third-order valence-corrected chi connectivity index (χ3v) is 8.09. The van der Waals surface area contributed by atoms with Crippen LogP contribution in [0.1, 0.15) is 74.0 Å². The molecule has 3 aliphatic rings. The van der Waals surface area contributed by atoms with E-state index in [2.05, 4.69) is 17.0 Å². The van der Waals surface area contributed by atoms with Crippen LogP contribution in [0.2, 0.25) is 0 Å². The minimum atomic E-state index is -1.02. The predicted molar refractivity (Wildman–Crippen MR) is 105 cm³/mol. The predicted octanol–water partition coefficient (Wildman–Crippen LogP) is 3.66. The average molecular weight is 380 g/mol. The van der Waals surface area contributed by atoms with Crippen LogP contribution in [0.4, 0.5) is 0 Å². The molecule has 1 aromatic rings. The van der Waals surface area contributed by atoms with Crippen LogP contribution in [-0.4, -0.2) is 52.1 Å². The van der Waals surface area contributed by atoms with E-state index in [1.54, 1.807) is 11.8 Å². The Hall–Kier alpha value is -0.460. The van der Waals surface area contributed by atoms with Crippen LogP contribution in [0.15, 0.2) is 12.1 Å². The largest absolute Gasteiger partial charge is 0.387 e. The van der Waals surface area contributed by atoms with Gasteiger partial charge in [0, 0.05) is 35.8 Å². The fraction of sp³-hybridized carbons (Fsp3) is 0.810. The second-order valence-corrected chi connectivity index (χ2v) is 10.0. The second kappa shape index (κ2) is 7.51. The molecule has 1 spiro atoms. The van der Waals surface area contributed by atoms with E-state index in [0.717, 1.165) is 38.4 Å². The van der Waals surface area contributed by atoms with Crippen molar-refractivity contribution in [1.82, 2.24) is 4.90 Å². The molecule has 1 saturated carbocycles. The molecule has 2 saturated heterocycles. The van der Waals surface area contributed by atoms with Gasteiger partial charge in [0.05, 0.1) is 17.8 Å². The Morgan fingerprint density at radius 3 is 2.62 bits per heavy atom. The summed E-state index contributed by atoms with van der Waals surface area (Å²) in [5, 5.41) is 21.1. The molecule has 4 nitrogen and oxygen atoms in total. The summed E-state index contributed by atoms with van der Waals surface area (Å²) in [4.78, 5) is 5.51. The molecule has 2 aliphatic heterocycles. The first-order chi connectivity index (χ1) is 12.5. The summed E-state index contributed by atoms with van der Waals surface area (Å²) in [6, 6.07) is 4.67. The van der Waals surface area contributed by atoms with Crippen LogP contribution in [0.5, 0.6) is 0 Å². The van der Waals surface area contributed by atoms with Crippen LogP contribution in [0.25, 0.3) is 0 Å². The fourth-order valence-electron chi connectivity index (χ4n) is 5.06. The van der Waals surface area contributed by atoms with E-state index in [1.807, 2.05) is 11.3 Å². The summed E-state index contributed by atoms with van der Waals surface area (Å²) in [5.74, 6) is 0.792. The Morgan fingerprint density at radius 2 is 1.88 bits per heavy atom. The van der Waals surface area contributed by atoms with Crippen molar-refractivity contribution in [1.29, 1.82) is 0 Å². The lowest BCUT2D eigenvalue weighted by Crippen LogP contribution is -2.64. The third-order valence-electron chi connectivity index (χ3n) is 6.86. The molecule has 2 atom stereocenters. The topological polar surface area (TPSA) is 52.9 Å². The molecule has 0 unspecified atom stereocenters. The number of rotatable bonds is 3. The monoisotopic (exact) mass is 379 g/mol. The Morgan fingerprint density at radius 1 is 1.15 bits per heavy atom. The van der Waals surface area contributed by atoms with Crippen molar-refractivity contribution in [2.75, 3.05) is 19.7 Å². The van der Waals surface area contributed by atoms with Gasteiger partial charge in [-0.15, -0.1) is 11.3 Å². The summed E-state index contributed by atoms with van der Waals surface area (Å²) in [7, 11) is 0. The second-order valence-electron chi connectivity index (χ2n) is 8.84. The average Bonchev–Trinajstić information content (AvgIpc) is 3.11. The molecule has 146 valence electrons. The van der Waals surface area contributed by atoms with Gasteiger partial charge in [-0.05, 0) is 50.7 Å². The minimum Gasteiger partial charge on any atom is -0.387 e. The number of piperidine rings is 1. The summed E-state index contributed by atoms with van der Waals surface area (Å²) in [5.41, 5.74) is -1.58. The first-order valence-corrected chi connectivity index (χ1v) is 11.2. The summed E-state index contributed by atoms with van der Waals surface area (Å²) in [6.07, 6.45) is 8.23. The van der Waals surface area contributed by atoms with E-state index in [1.165, 1.54) is 37.0 Å². The summed E-state index contributed by atoms with van der Waals surface area (Å²) >= 11 is 2.00. The van der Waals surface area contributed by atoms with Crippen molar-refractivity contribution < 1.29 is 14.9 Å². The van der Waals surface area contributed by atoms with Crippen molar-refractivity contribution in [3.8, 4) is 0 Å². The van der Waals surface area contributed by atoms with Crippen LogP contribution in [0.3, 0.4) is 0 Å². The van der Waals surface area contributed by atoms with E-state index in [9.17, 15) is 10.2 Å². The Balaban J connectivity index is 1.33. The zero-order valence-corrected chi connectivity index (χ0v) is 16.8. The third kappa shape index (κ3) is 3.74. The van der Waals surface area contributed by atoms with Gasteiger partial charge in [0.2, 0.25) is 0 Å². The van der Waals surface area contributed by atoms with E-state index in [-0.39, 0.29) is 0 Å². The van der Waals surface area contributed by atoms with Gasteiger partial charge in [0.15, 0.2) is 0 Å². The van der Waals surface area contributed by atoms with Gasteiger partial charge in [-0.3, -0.25) is 4.90 Å². The van der Waals surface area contributed by atoms with Crippen LogP contribution in [-0.2, 0) is 11.3 Å². The smallest absolute Gasteiger partial charge is 0.111 e. The SMILES string of the molecule is C[C@@]1(O)CCOC2(CCN(Cc3ccc(C4CCCCC4)s3)CC2)[C@H]1O. The lowest BCUT2D eigenvalue weighted by molar-refractivity contribution is -0.246. The van der Waals surface area contributed by atoms with Crippen LogP contribution in [0, 0.1) is 0 Å². The van der Waals surface area contributed by atoms with Crippen LogP contribution < -0.4 is 0 Å². The highest BCUT2D eigenvalue weighted by Gasteiger charge is 2.52. The molecule has 3 fully saturated rings. The number of likely N-dealkylation sites (tertiary alicyclic amines) is 1. The van der Waals surface area contributed by atoms with E-state index < -0.39 is 17.3 Å². The summed E-state index contributed by atoms with van der Waals surface area (Å²) < 4.78 is 6.00. The van der Waals surface area contributed by atoms with Gasteiger partial charge in [-0.2, -0.15) is 0 Å². The molecule has 1 aliphatic carbocycles. The molecule has 0 radical (unpaired) electrons. The number of aliphatic hydroxyl groups is 2. The molecule has 26 heavy (non-hydrogen) atoms. The van der Waals surface area contributed by atoms with Crippen molar-refractivity contribution in [2.45, 2.75) is 88.1 Å². The minimum absolute atomic E-state index is 0.513. The maximum atomic E-state index is 10.6. The zero-order valence-electron chi connectivity index (χ0n) is 16.0. The van der Waals surface area contributed by atoms with Crippen molar-refractivity contribution in [3.63, 3.8) is 0 Å². The summed E-state index contributed by atoms with van der Waals surface area (Å²) in [6.45, 7) is 5.13. The van der Waals surface area contributed by atoms with E-state index in [4.69, 9.17) is 4.74 Å². The first kappa shape index (κ1) is 18.9. The van der Waals surface area contributed by atoms with Gasteiger partial charge >= 0.3 is 0 Å². The highest BCUT2D eigenvalue weighted by Crippen LogP contribution is 2.41. The first-order valence-electron chi connectivity index (χ1n) is 10.3. The van der Waals surface area contributed by atoms with Crippen molar-refractivity contribution in [2.24, 2.45) is 0 Å².